The molecule has 0 aliphatic heterocycles. The average Bonchev–Trinajstić information content (AvgIpc) is 2.83. The zero-order valence-corrected chi connectivity index (χ0v) is 11.6. The van der Waals surface area contributed by atoms with E-state index in [2.05, 4.69) is 10.3 Å². The number of hydrogen-bond donors (Lipinski definition) is 1. The molecular weight excluding hydrogens is 307 g/mol. The van der Waals surface area contributed by atoms with Crippen LogP contribution in [-0.2, 0) is 12.7 Å². The molecular formula is C12H10F3N3O2S. The van der Waals surface area contributed by atoms with Crippen molar-refractivity contribution in [2.24, 2.45) is 0 Å². The smallest absolute Gasteiger partial charge is 0.435 e. The first-order valence-corrected chi connectivity index (χ1v) is 6.92. The second-order valence-corrected chi connectivity index (χ2v) is 4.97. The first-order valence-electron chi connectivity index (χ1n) is 5.70. The summed E-state index contributed by atoms with van der Waals surface area (Å²) in [4.78, 5) is 11.8. The summed E-state index contributed by atoms with van der Waals surface area (Å²) in [6.45, 7) is -0.205. The molecule has 1 heterocycles. The molecule has 21 heavy (non-hydrogen) atoms. The van der Waals surface area contributed by atoms with Gasteiger partial charge in [-0.1, -0.05) is 17.3 Å². The number of aromatic carboxylic acids is 1. The highest BCUT2D eigenvalue weighted by Gasteiger charge is 2.41. The summed E-state index contributed by atoms with van der Waals surface area (Å²) >= 11 is 1.51. The van der Waals surface area contributed by atoms with Gasteiger partial charge in [-0.25, -0.2) is 9.48 Å². The monoisotopic (exact) mass is 317 g/mol. The van der Waals surface area contributed by atoms with E-state index in [0.717, 1.165) is 4.90 Å². The number of nitrogens with zero attached hydrogens (tertiary/aromatic N) is 3. The van der Waals surface area contributed by atoms with E-state index in [1.807, 2.05) is 6.26 Å². The van der Waals surface area contributed by atoms with E-state index < -0.39 is 23.5 Å². The van der Waals surface area contributed by atoms with Gasteiger partial charge < -0.3 is 5.11 Å². The molecule has 0 aliphatic rings. The number of carboxylic acids is 1. The molecule has 0 saturated carbocycles. The number of thioether (sulfide) groups is 1. The molecule has 0 amide bonds. The van der Waals surface area contributed by atoms with Gasteiger partial charge in [-0.15, -0.1) is 16.9 Å². The van der Waals surface area contributed by atoms with Gasteiger partial charge in [0, 0.05) is 4.90 Å². The minimum absolute atomic E-state index is 0.205. The number of hydrogen-bond acceptors (Lipinski definition) is 4. The summed E-state index contributed by atoms with van der Waals surface area (Å²) < 4.78 is 39.4. The predicted octanol–water partition coefficient (Wildman–Crippen LogP) is 2.77. The van der Waals surface area contributed by atoms with Gasteiger partial charge in [0.2, 0.25) is 5.69 Å². The van der Waals surface area contributed by atoms with Crippen LogP contribution < -0.4 is 0 Å². The third-order valence-corrected chi connectivity index (χ3v) is 3.44. The van der Waals surface area contributed by atoms with Gasteiger partial charge in [0.1, 0.15) is 0 Å². The zero-order valence-electron chi connectivity index (χ0n) is 10.8. The highest BCUT2D eigenvalue weighted by Crippen LogP contribution is 2.31. The predicted molar refractivity (Wildman–Crippen MR) is 69.3 cm³/mol. The molecule has 1 N–H and O–H groups in total. The Hall–Kier alpha value is -2.03. The van der Waals surface area contributed by atoms with Crippen LogP contribution in [0.5, 0.6) is 0 Å². The molecule has 0 saturated heterocycles. The maximum Gasteiger partial charge on any atom is 0.435 e. The molecule has 0 atom stereocenters. The number of carbonyl (C=O) groups is 1. The fourth-order valence-electron chi connectivity index (χ4n) is 1.75. The Bertz CT molecular complexity index is 653. The minimum Gasteiger partial charge on any atom is -0.476 e. The molecule has 9 heteroatoms. The van der Waals surface area contributed by atoms with Crippen LogP contribution in [0.15, 0.2) is 29.2 Å². The van der Waals surface area contributed by atoms with Crippen LogP contribution in [-0.4, -0.2) is 32.3 Å². The van der Waals surface area contributed by atoms with E-state index in [9.17, 15) is 18.0 Å². The van der Waals surface area contributed by atoms with E-state index >= 15 is 0 Å². The number of rotatable bonds is 4. The van der Waals surface area contributed by atoms with E-state index in [1.54, 1.807) is 24.3 Å². The standard InChI is InChI=1S/C12H10F3N3O2S/c1-21-8-4-2-7(3-5-8)6-18-10(12(13,14)15)9(11(19)20)16-17-18/h2-5H,6H2,1H3,(H,19,20). The molecule has 112 valence electrons. The van der Waals surface area contributed by atoms with Crippen LogP contribution in [0.2, 0.25) is 0 Å². The van der Waals surface area contributed by atoms with Crippen LogP contribution >= 0.6 is 11.8 Å². The molecule has 1 aromatic heterocycles. The fourth-order valence-corrected chi connectivity index (χ4v) is 2.16. The van der Waals surface area contributed by atoms with E-state index in [0.29, 0.717) is 10.2 Å². The summed E-state index contributed by atoms with van der Waals surface area (Å²) in [5.74, 6) is -1.76. The minimum atomic E-state index is -4.84. The van der Waals surface area contributed by atoms with E-state index in [-0.39, 0.29) is 6.54 Å². The summed E-state index contributed by atoms with van der Waals surface area (Å²) in [6, 6.07) is 6.85. The van der Waals surface area contributed by atoms with Gasteiger partial charge in [0.05, 0.1) is 6.54 Å². The van der Waals surface area contributed by atoms with Gasteiger partial charge in [-0.3, -0.25) is 0 Å². The molecule has 0 fully saturated rings. The normalized spacial score (nSPS) is 11.6. The lowest BCUT2D eigenvalue weighted by Crippen LogP contribution is -2.18. The number of alkyl halides is 3. The molecule has 0 unspecified atom stereocenters. The summed E-state index contributed by atoms with van der Waals surface area (Å²) in [7, 11) is 0. The van der Waals surface area contributed by atoms with Crippen LogP contribution in [0, 0.1) is 0 Å². The number of carboxylic acid groups (broad SMARTS) is 1. The van der Waals surface area contributed by atoms with Crippen molar-refractivity contribution >= 4 is 17.7 Å². The van der Waals surface area contributed by atoms with Gasteiger partial charge >= 0.3 is 12.1 Å². The molecule has 0 spiro atoms. The Labute approximate surface area is 121 Å². The molecule has 2 rings (SSSR count). The molecule has 5 nitrogen and oxygen atoms in total. The third kappa shape index (κ3) is 3.35. The van der Waals surface area contributed by atoms with Crippen LogP contribution in [0.4, 0.5) is 13.2 Å². The average molecular weight is 317 g/mol. The highest BCUT2D eigenvalue weighted by atomic mass is 32.2. The van der Waals surface area contributed by atoms with Crippen LogP contribution in [0.3, 0.4) is 0 Å². The van der Waals surface area contributed by atoms with Gasteiger partial charge in [-0.2, -0.15) is 13.2 Å². The second kappa shape index (κ2) is 5.76. The first-order chi connectivity index (χ1) is 9.82. The molecule has 1 aromatic carbocycles. The third-order valence-electron chi connectivity index (χ3n) is 2.70. The van der Waals surface area contributed by atoms with Crippen molar-refractivity contribution in [2.75, 3.05) is 6.26 Å². The highest BCUT2D eigenvalue weighted by molar-refractivity contribution is 7.98. The summed E-state index contributed by atoms with van der Waals surface area (Å²) in [6.07, 6.45) is -2.95. The Morgan fingerprint density at radius 1 is 1.33 bits per heavy atom. The van der Waals surface area contributed by atoms with Crippen molar-refractivity contribution < 1.29 is 23.1 Å². The Balaban J connectivity index is 2.37. The van der Waals surface area contributed by atoms with Crippen molar-refractivity contribution in [1.82, 2.24) is 15.0 Å². The van der Waals surface area contributed by atoms with Crippen molar-refractivity contribution in [3.8, 4) is 0 Å². The summed E-state index contributed by atoms with van der Waals surface area (Å²) in [5.41, 5.74) is -1.88. The van der Waals surface area contributed by atoms with Crippen molar-refractivity contribution in [2.45, 2.75) is 17.6 Å². The maximum absolute atomic E-state index is 13.0. The van der Waals surface area contributed by atoms with Crippen molar-refractivity contribution in [1.29, 1.82) is 0 Å². The van der Waals surface area contributed by atoms with Crippen LogP contribution in [0.1, 0.15) is 21.7 Å². The Kier molecular flexibility index (Phi) is 4.21. The van der Waals surface area contributed by atoms with E-state index in [1.165, 1.54) is 11.8 Å². The SMILES string of the molecule is CSc1ccc(Cn2nnc(C(=O)O)c2C(F)(F)F)cc1. The lowest BCUT2D eigenvalue weighted by molar-refractivity contribution is -0.144. The van der Waals surface area contributed by atoms with E-state index in [4.69, 9.17) is 5.11 Å². The first kappa shape index (κ1) is 15.4. The quantitative estimate of drug-likeness (QED) is 0.878. The fraction of sp³-hybridized carbons (Fsp3) is 0.250. The Morgan fingerprint density at radius 2 is 1.95 bits per heavy atom. The van der Waals surface area contributed by atoms with Gasteiger partial charge in [0.15, 0.2) is 5.69 Å². The lowest BCUT2D eigenvalue weighted by Gasteiger charge is -2.10. The van der Waals surface area contributed by atoms with Gasteiger partial charge in [-0.05, 0) is 24.0 Å². The number of aromatic nitrogens is 3. The van der Waals surface area contributed by atoms with Gasteiger partial charge in [0.25, 0.3) is 0 Å². The largest absolute Gasteiger partial charge is 0.476 e. The molecule has 0 radical (unpaired) electrons. The van der Waals surface area contributed by atoms with Crippen molar-refractivity contribution in [3.63, 3.8) is 0 Å². The Morgan fingerprint density at radius 3 is 2.43 bits per heavy atom. The van der Waals surface area contributed by atoms with Crippen LogP contribution in [0.25, 0.3) is 0 Å². The molecule has 0 bridgehead atoms. The lowest BCUT2D eigenvalue weighted by atomic mass is 10.2. The molecule has 2 aromatic rings. The van der Waals surface area contributed by atoms with Crippen molar-refractivity contribution in [3.05, 3.63) is 41.2 Å². The number of halogens is 3. The zero-order chi connectivity index (χ0) is 15.6. The number of benzene rings is 1. The second-order valence-electron chi connectivity index (χ2n) is 4.10. The maximum atomic E-state index is 13.0. The summed E-state index contributed by atoms with van der Waals surface area (Å²) in [5, 5.41) is 15.2. The topological polar surface area (TPSA) is 68.0 Å². The molecule has 0 aliphatic carbocycles.